The summed E-state index contributed by atoms with van der Waals surface area (Å²) in [6.45, 7) is 0. The van der Waals surface area contributed by atoms with Crippen LogP contribution in [0.4, 0.5) is 5.69 Å². The normalized spacial score (nSPS) is 16.7. The molecule has 2 heterocycles. The largest absolute Gasteiger partial charge is 0.465 e. The summed E-state index contributed by atoms with van der Waals surface area (Å²) in [5.41, 5.74) is 2.85. The number of amidine groups is 1. The lowest BCUT2D eigenvalue weighted by Crippen LogP contribution is -2.19. The molecule has 7 heteroatoms. The SMILES string of the molecule is COC(=O)c1ccccc1N=C1NC(=O)/C(=C/c2cn(C)c3ccccc23)S1. The fourth-order valence-electron chi connectivity index (χ4n) is 3.07. The molecule has 0 aliphatic carbocycles. The van der Waals surface area contributed by atoms with E-state index in [1.165, 1.54) is 18.9 Å². The fraction of sp³-hybridized carbons (Fsp3) is 0.0952. The molecule has 3 aromatic rings. The highest BCUT2D eigenvalue weighted by molar-refractivity contribution is 8.18. The summed E-state index contributed by atoms with van der Waals surface area (Å²) < 4.78 is 6.82. The van der Waals surface area contributed by atoms with Crippen LogP contribution in [0.15, 0.2) is 64.6 Å². The molecule has 1 saturated heterocycles. The number of nitrogens with zero attached hydrogens (tertiary/aromatic N) is 2. The average Bonchev–Trinajstić information content (AvgIpc) is 3.21. The number of aromatic nitrogens is 1. The summed E-state index contributed by atoms with van der Waals surface area (Å²) in [5, 5.41) is 4.26. The third-order valence-electron chi connectivity index (χ3n) is 4.40. The van der Waals surface area contributed by atoms with Crippen molar-refractivity contribution in [2.24, 2.45) is 12.0 Å². The van der Waals surface area contributed by atoms with Crippen LogP contribution in [0.3, 0.4) is 0 Å². The van der Waals surface area contributed by atoms with Gasteiger partial charge in [-0.15, -0.1) is 0 Å². The molecule has 4 rings (SSSR count). The number of para-hydroxylation sites is 2. The van der Waals surface area contributed by atoms with E-state index in [0.29, 0.717) is 21.3 Å². The average molecular weight is 391 g/mol. The van der Waals surface area contributed by atoms with Crippen molar-refractivity contribution in [2.45, 2.75) is 0 Å². The molecule has 0 radical (unpaired) electrons. The van der Waals surface area contributed by atoms with Gasteiger partial charge in [0.15, 0.2) is 5.17 Å². The minimum Gasteiger partial charge on any atom is -0.465 e. The Morgan fingerprint density at radius 3 is 2.75 bits per heavy atom. The molecule has 140 valence electrons. The molecule has 1 fully saturated rings. The van der Waals surface area contributed by atoms with E-state index in [0.717, 1.165) is 16.5 Å². The van der Waals surface area contributed by atoms with E-state index >= 15 is 0 Å². The van der Waals surface area contributed by atoms with Crippen LogP contribution in [-0.4, -0.2) is 28.7 Å². The lowest BCUT2D eigenvalue weighted by molar-refractivity contribution is -0.115. The first-order valence-electron chi connectivity index (χ1n) is 8.58. The molecule has 1 aromatic heterocycles. The Morgan fingerprint density at radius 2 is 1.93 bits per heavy atom. The van der Waals surface area contributed by atoms with Crippen molar-refractivity contribution in [1.29, 1.82) is 0 Å². The van der Waals surface area contributed by atoms with Crippen LogP contribution in [-0.2, 0) is 16.6 Å². The van der Waals surface area contributed by atoms with Crippen LogP contribution >= 0.6 is 11.8 Å². The Kier molecular flexibility index (Phi) is 4.75. The standard InChI is InChI=1S/C21H17N3O3S/c1-24-12-13(14-7-4-6-10-17(14)24)11-18-19(25)23-21(28-18)22-16-9-5-3-8-15(16)20(26)27-2/h3-12H,1-2H3,(H,22,23,25)/b18-11-. The summed E-state index contributed by atoms with van der Waals surface area (Å²) in [4.78, 5) is 29.3. The lowest BCUT2D eigenvalue weighted by atomic mass is 10.1. The number of thioether (sulfide) groups is 1. The Bertz CT molecular complexity index is 1160. The Hall–Kier alpha value is -3.32. The second kappa shape index (κ2) is 7.36. The molecule has 1 amide bonds. The first-order valence-corrected chi connectivity index (χ1v) is 9.39. The predicted octanol–water partition coefficient (Wildman–Crippen LogP) is 3.86. The van der Waals surface area contributed by atoms with Gasteiger partial charge < -0.3 is 14.6 Å². The molecule has 1 aliphatic heterocycles. The van der Waals surface area contributed by atoms with Crippen molar-refractivity contribution in [2.75, 3.05) is 7.11 Å². The quantitative estimate of drug-likeness (QED) is 0.544. The number of ether oxygens (including phenoxy) is 1. The molecule has 6 nitrogen and oxygen atoms in total. The van der Waals surface area contributed by atoms with E-state index in [1.807, 2.05) is 48.2 Å². The van der Waals surface area contributed by atoms with Crippen LogP contribution < -0.4 is 5.32 Å². The first-order chi connectivity index (χ1) is 13.6. The van der Waals surface area contributed by atoms with Crippen molar-refractivity contribution in [3.63, 3.8) is 0 Å². The Morgan fingerprint density at radius 1 is 1.18 bits per heavy atom. The highest BCUT2D eigenvalue weighted by Crippen LogP contribution is 2.31. The molecule has 0 bridgehead atoms. The number of rotatable bonds is 3. The maximum atomic E-state index is 12.4. The van der Waals surface area contributed by atoms with Gasteiger partial charge in [0.2, 0.25) is 0 Å². The molecule has 0 atom stereocenters. The smallest absolute Gasteiger partial charge is 0.340 e. The molecular formula is C21H17N3O3S. The van der Waals surface area contributed by atoms with Crippen LogP contribution in [0.25, 0.3) is 17.0 Å². The number of carbonyl (C=O) groups excluding carboxylic acids is 2. The lowest BCUT2D eigenvalue weighted by Gasteiger charge is -2.03. The van der Waals surface area contributed by atoms with Gasteiger partial charge >= 0.3 is 5.97 Å². The molecule has 0 unspecified atom stereocenters. The second-order valence-electron chi connectivity index (χ2n) is 6.20. The van der Waals surface area contributed by atoms with E-state index in [-0.39, 0.29) is 5.91 Å². The summed E-state index contributed by atoms with van der Waals surface area (Å²) in [6, 6.07) is 14.9. The zero-order valence-corrected chi connectivity index (χ0v) is 16.1. The highest BCUT2D eigenvalue weighted by Gasteiger charge is 2.25. The molecule has 1 N–H and O–H groups in total. The Balaban J connectivity index is 1.67. The van der Waals surface area contributed by atoms with E-state index in [9.17, 15) is 9.59 Å². The van der Waals surface area contributed by atoms with Crippen LogP contribution in [0.1, 0.15) is 15.9 Å². The fourth-order valence-corrected chi connectivity index (χ4v) is 3.90. The molecule has 0 spiro atoms. The Labute approximate surface area is 165 Å². The van der Waals surface area contributed by atoms with Crippen LogP contribution in [0.2, 0.25) is 0 Å². The van der Waals surface area contributed by atoms with Crippen molar-refractivity contribution in [1.82, 2.24) is 9.88 Å². The second-order valence-corrected chi connectivity index (χ2v) is 7.23. The van der Waals surface area contributed by atoms with Gasteiger partial charge in [0.05, 0.1) is 23.3 Å². The number of aliphatic imine (C=N–C) groups is 1. The van der Waals surface area contributed by atoms with Crippen molar-refractivity contribution < 1.29 is 14.3 Å². The number of benzene rings is 2. The topological polar surface area (TPSA) is 72.7 Å². The number of aryl methyl sites for hydroxylation is 1. The zero-order chi connectivity index (χ0) is 19.7. The maximum Gasteiger partial charge on any atom is 0.340 e. The van der Waals surface area contributed by atoms with Gasteiger partial charge in [-0.05, 0) is 36.0 Å². The minimum atomic E-state index is -0.471. The summed E-state index contributed by atoms with van der Waals surface area (Å²) in [7, 11) is 3.30. The third-order valence-corrected chi connectivity index (χ3v) is 5.31. The van der Waals surface area contributed by atoms with Gasteiger partial charge in [-0.3, -0.25) is 4.79 Å². The summed E-state index contributed by atoms with van der Waals surface area (Å²) in [6.07, 6.45) is 3.85. The number of carbonyl (C=O) groups is 2. The molecule has 28 heavy (non-hydrogen) atoms. The molecule has 2 aromatic carbocycles. The van der Waals surface area contributed by atoms with Crippen LogP contribution in [0, 0.1) is 0 Å². The number of methoxy groups -OCH3 is 1. The van der Waals surface area contributed by atoms with E-state index < -0.39 is 5.97 Å². The van der Waals surface area contributed by atoms with Crippen molar-refractivity contribution in [3.05, 3.63) is 70.8 Å². The van der Waals surface area contributed by atoms with Gasteiger partial charge in [0, 0.05) is 29.7 Å². The van der Waals surface area contributed by atoms with Gasteiger partial charge in [-0.2, -0.15) is 0 Å². The summed E-state index contributed by atoms with van der Waals surface area (Å²) in [5.74, 6) is -0.687. The molecule has 0 saturated carbocycles. The van der Waals surface area contributed by atoms with Crippen molar-refractivity contribution in [3.8, 4) is 0 Å². The van der Waals surface area contributed by atoms with E-state index in [4.69, 9.17) is 4.74 Å². The molecule has 1 aliphatic rings. The number of fused-ring (bicyclic) bond motifs is 1. The number of hydrogen-bond donors (Lipinski definition) is 1. The number of amides is 1. The van der Waals surface area contributed by atoms with Gasteiger partial charge in [0.1, 0.15) is 0 Å². The van der Waals surface area contributed by atoms with Gasteiger partial charge in [-0.1, -0.05) is 30.3 Å². The number of nitrogens with one attached hydrogen (secondary N) is 1. The monoisotopic (exact) mass is 391 g/mol. The zero-order valence-electron chi connectivity index (χ0n) is 15.3. The van der Waals surface area contributed by atoms with E-state index in [2.05, 4.69) is 10.3 Å². The molecular weight excluding hydrogens is 374 g/mol. The van der Waals surface area contributed by atoms with Crippen LogP contribution in [0.5, 0.6) is 0 Å². The van der Waals surface area contributed by atoms with Gasteiger partial charge in [0.25, 0.3) is 5.91 Å². The van der Waals surface area contributed by atoms with Gasteiger partial charge in [-0.25, -0.2) is 9.79 Å². The summed E-state index contributed by atoms with van der Waals surface area (Å²) >= 11 is 1.24. The first kappa shape index (κ1) is 18.1. The highest BCUT2D eigenvalue weighted by atomic mass is 32.2. The number of hydrogen-bond acceptors (Lipinski definition) is 5. The number of esters is 1. The third kappa shape index (κ3) is 3.32. The predicted molar refractivity (Wildman–Crippen MR) is 112 cm³/mol. The maximum absolute atomic E-state index is 12.4. The minimum absolute atomic E-state index is 0.216. The van der Waals surface area contributed by atoms with Crippen molar-refractivity contribution >= 4 is 51.5 Å². The van der Waals surface area contributed by atoms with E-state index in [1.54, 1.807) is 24.3 Å².